The Labute approximate surface area is 107 Å². The van der Waals surface area contributed by atoms with Crippen LogP contribution >= 0.6 is 0 Å². The van der Waals surface area contributed by atoms with Crippen molar-refractivity contribution in [1.29, 1.82) is 0 Å². The van der Waals surface area contributed by atoms with Crippen molar-refractivity contribution in [2.45, 2.75) is 39.7 Å². The summed E-state index contributed by atoms with van der Waals surface area (Å²) in [6, 6.07) is -1.12. The average Bonchev–Trinajstić information content (AvgIpc) is 2.37. The first-order valence-electron chi connectivity index (χ1n) is 5.88. The largest absolute Gasteiger partial charge is 0.466 e. The zero-order valence-electron chi connectivity index (χ0n) is 11.0. The van der Waals surface area contributed by atoms with Gasteiger partial charge in [-0.1, -0.05) is 6.92 Å². The number of nitrogens with two attached hydrogens (primary N) is 1. The molecular weight excluding hydrogens is 238 g/mol. The first-order valence-corrected chi connectivity index (χ1v) is 5.88. The Bertz CT molecular complexity index is 305. The first-order chi connectivity index (χ1) is 8.43. The molecule has 1 radical (unpaired) electrons. The fourth-order valence-electron chi connectivity index (χ4n) is 1.33. The minimum absolute atomic E-state index is 0.0132. The van der Waals surface area contributed by atoms with Crippen LogP contribution in [0.1, 0.15) is 33.6 Å². The third kappa shape index (κ3) is 4.10. The summed E-state index contributed by atoms with van der Waals surface area (Å²) in [5.74, 6) is -1.25. The third-order valence-corrected chi connectivity index (χ3v) is 2.86. The van der Waals surface area contributed by atoms with Crippen LogP contribution in [0, 0.1) is 5.41 Å². The highest BCUT2D eigenvalue weighted by Crippen LogP contribution is 2.27. The van der Waals surface area contributed by atoms with Gasteiger partial charge in [-0.3, -0.25) is 14.4 Å². The Morgan fingerprint density at radius 1 is 1.33 bits per heavy atom. The molecule has 103 valence electrons. The van der Waals surface area contributed by atoms with E-state index in [9.17, 15) is 14.4 Å². The second-order valence-corrected chi connectivity index (χ2v) is 4.03. The Morgan fingerprint density at radius 2 is 1.94 bits per heavy atom. The number of ether oxygens (including phenoxy) is 2. The Kier molecular flexibility index (Phi) is 7.19. The summed E-state index contributed by atoms with van der Waals surface area (Å²) in [7, 11) is 0. The van der Waals surface area contributed by atoms with Crippen LogP contribution in [0.25, 0.3) is 0 Å². The molecule has 0 aromatic carbocycles. The van der Waals surface area contributed by atoms with E-state index in [1.54, 1.807) is 27.1 Å². The second kappa shape index (κ2) is 7.81. The molecule has 0 aromatic rings. The van der Waals surface area contributed by atoms with Crippen LogP contribution in [-0.4, -0.2) is 37.5 Å². The summed E-state index contributed by atoms with van der Waals surface area (Å²) in [5.41, 5.74) is 4.62. The highest BCUT2D eigenvalue weighted by atomic mass is 16.5. The maximum absolute atomic E-state index is 11.8. The molecule has 0 spiro atoms. The predicted octanol–water partition coefficient (Wildman–Crippen LogP) is 0.336. The molecule has 0 aliphatic heterocycles. The van der Waals surface area contributed by atoms with Crippen LogP contribution in [0.4, 0.5) is 0 Å². The van der Waals surface area contributed by atoms with Crippen LogP contribution in [0.5, 0.6) is 0 Å². The van der Waals surface area contributed by atoms with E-state index in [0.29, 0.717) is 6.42 Å². The quantitative estimate of drug-likeness (QED) is 0.498. The van der Waals surface area contributed by atoms with Crippen LogP contribution in [-0.2, 0) is 23.9 Å². The van der Waals surface area contributed by atoms with Gasteiger partial charge in [-0.05, 0) is 20.3 Å². The van der Waals surface area contributed by atoms with Crippen LogP contribution in [0.2, 0.25) is 0 Å². The fourth-order valence-corrected chi connectivity index (χ4v) is 1.33. The topological polar surface area (TPSA) is 95.7 Å². The van der Waals surface area contributed by atoms with Crippen molar-refractivity contribution < 1.29 is 23.9 Å². The summed E-state index contributed by atoms with van der Waals surface area (Å²) in [6.07, 6.45) is 1.93. The molecule has 2 atom stereocenters. The number of hydrogen-bond acceptors (Lipinski definition) is 6. The zero-order valence-corrected chi connectivity index (χ0v) is 11.0. The van der Waals surface area contributed by atoms with Crippen molar-refractivity contribution in [2.75, 3.05) is 13.2 Å². The number of rotatable bonds is 8. The minimum Gasteiger partial charge on any atom is -0.466 e. The van der Waals surface area contributed by atoms with Gasteiger partial charge in [0.25, 0.3) is 0 Å². The molecule has 0 saturated heterocycles. The van der Waals surface area contributed by atoms with Crippen molar-refractivity contribution in [2.24, 2.45) is 11.1 Å². The van der Waals surface area contributed by atoms with E-state index in [1.807, 2.05) is 0 Å². The number of esters is 2. The molecule has 18 heavy (non-hydrogen) atoms. The molecule has 0 unspecified atom stereocenters. The van der Waals surface area contributed by atoms with Gasteiger partial charge in [-0.25, -0.2) is 0 Å². The van der Waals surface area contributed by atoms with Crippen LogP contribution in [0.15, 0.2) is 0 Å². The van der Waals surface area contributed by atoms with Gasteiger partial charge in [-0.2, -0.15) is 0 Å². The van der Waals surface area contributed by atoms with Gasteiger partial charge in [0, 0.05) is 6.42 Å². The molecule has 0 saturated carbocycles. The summed E-state index contributed by atoms with van der Waals surface area (Å²) in [6.45, 7) is 5.11. The lowest BCUT2D eigenvalue weighted by atomic mass is 9.80. The third-order valence-electron chi connectivity index (χ3n) is 2.86. The van der Waals surface area contributed by atoms with Crippen LogP contribution in [0.3, 0.4) is 0 Å². The van der Waals surface area contributed by atoms with Gasteiger partial charge in [-0.15, -0.1) is 0 Å². The van der Waals surface area contributed by atoms with E-state index in [4.69, 9.17) is 15.2 Å². The molecular formula is C12H20NO5. The maximum Gasteiger partial charge on any atom is 0.324 e. The lowest BCUT2D eigenvalue weighted by Crippen LogP contribution is -2.51. The van der Waals surface area contributed by atoms with E-state index >= 15 is 0 Å². The Balaban J connectivity index is 4.66. The standard InChI is InChI=1S/C12H20NO5/c1-4-12(3,11(16)17-5-2)9(13)10(15)18-8-6-7-14/h9H,4-6,8,13H2,1-3H3/t9-,12-/m1/s1. The predicted molar refractivity (Wildman–Crippen MR) is 64.3 cm³/mol. The van der Waals surface area contributed by atoms with E-state index in [0.717, 1.165) is 0 Å². The first kappa shape index (κ1) is 16.6. The molecule has 6 heteroatoms. The zero-order chi connectivity index (χ0) is 14.2. The molecule has 0 aromatic heterocycles. The maximum atomic E-state index is 11.8. The number of carbonyl (C=O) groups is 2. The molecule has 6 nitrogen and oxygen atoms in total. The van der Waals surface area contributed by atoms with Crippen molar-refractivity contribution >= 4 is 18.2 Å². The molecule has 0 rings (SSSR count). The van der Waals surface area contributed by atoms with Crippen LogP contribution < -0.4 is 5.73 Å². The molecule has 0 fully saturated rings. The highest BCUT2D eigenvalue weighted by Gasteiger charge is 2.43. The summed E-state index contributed by atoms with van der Waals surface area (Å²) < 4.78 is 9.69. The molecule has 0 aliphatic rings. The second-order valence-electron chi connectivity index (χ2n) is 4.03. The van der Waals surface area contributed by atoms with E-state index in [2.05, 4.69) is 0 Å². The molecule has 0 amide bonds. The van der Waals surface area contributed by atoms with Gasteiger partial charge in [0.15, 0.2) is 0 Å². The van der Waals surface area contributed by atoms with Gasteiger partial charge in [0.1, 0.15) is 6.04 Å². The Hall–Kier alpha value is -1.43. The summed E-state index contributed by atoms with van der Waals surface area (Å²) in [5, 5.41) is 0. The van der Waals surface area contributed by atoms with Gasteiger partial charge in [0.05, 0.1) is 18.6 Å². The van der Waals surface area contributed by atoms with E-state index in [-0.39, 0.29) is 19.6 Å². The molecule has 0 aliphatic carbocycles. The van der Waals surface area contributed by atoms with Crippen molar-refractivity contribution in [3.05, 3.63) is 0 Å². The van der Waals surface area contributed by atoms with E-state index < -0.39 is 23.4 Å². The highest BCUT2D eigenvalue weighted by molar-refractivity contribution is 5.87. The van der Waals surface area contributed by atoms with Crippen molar-refractivity contribution in [1.82, 2.24) is 0 Å². The number of carbonyl (C=O) groups excluding carboxylic acids is 3. The number of hydrogen-bond donors (Lipinski definition) is 1. The normalized spacial score (nSPS) is 15.3. The molecule has 2 N–H and O–H groups in total. The van der Waals surface area contributed by atoms with Gasteiger partial charge >= 0.3 is 11.9 Å². The summed E-state index contributed by atoms with van der Waals surface area (Å²) in [4.78, 5) is 33.4. The van der Waals surface area contributed by atoms with Gasteiger partial charge < -0.3 is 15.2 Å². The average molecular weight is 258 g/mol. The lowest BCUT2D eigenvalue weighted by Gasteiger charge is -2.30. The van der Waals surface area contributed by atoms with E-state index in [1.165, 1.54) is 0 Å². The fraction of sp³-hybridized carbons (Fsp3) is 0.750. The Morgan fingerprint density at radius 3 is 2.39 bits per heavy atom. The van der Waals surface area contributed by atoms with Crippen molar-refractivity contribution in [3.8, 4) is 0 Å². The summed E-state index contributed by atoms with van der Waals surface area (Å²) >= 11 is 0. The lowest BCUT2D eigenvalue weighted by molar-refractivity contribution is -0.163. The minimum atomic E-state index is -1.13. The smallest absolute Gasteiger partial charge is 0.324 e. The SMILES string of the molecule is CCOC(=O)[C@](C)(CC)[C@H](N)C(=O)OCC[C]=O. The molecule has 0 bridgehead atoms. The van der Waals surface area contributed by atoms with Crippen molar-refractivity contribution in [3.63, 3.8) is 0 Å². The molecule has 0 heterocycles. The van der Waals surface area contributed by atoms with Gasteiger partial charge in [0.2, 0.25) is 6.29 Å². The monoisotopic (exact) mass is 258 g/mol.